The van der Waals surface area contributed by atoms with Gasteiger partial charge in [0.05, 0.1) is 0 Å². The van der Waals surface area contributed by atoms with E-state index in [1.54, 1.807) is 0 Å². The molecule has 2 rings (SSSR count). The number of carboxylic acid groups (broad SMARTS) is 1. The van der Waals surface area contributed by atoms with Gasteiger partial charge in [-0.25, -0.2) is 9.78 Å². The zero-order valence-electron chi connectivity index (χ0n) is 16.6. The summed E-state index contributed by atoms with van der Waals surface area (Å²) in [6.45, 7) is 6.57. The Labute approximate surface area is 161 Å². The normalized spacial score (nSPS) is 15.0. The Morgan fingerprint density at radius 2 is 2.04 bits per heavy atom. The van der Waals surface area contributed by atoms with Crippen molar-refractivity contribution >= 4 is 17.8 Å². The first-order chi connectivity index (χ1) is 12.9. The van der Waals surface area contributed by atoms with Crippen LogP contribution in [0.3, 0.4) is 0 Å². The van der Waals surface area contributed by atoms with Crippen LogP contribution in [0.2, 0.25) is 0 Å². The molecule has 7 nitrogen and oxygen atoms in total. The molecule has 1 aliphatic heterocycles. The molecule has 150 valence electrons. The third kappa shape index (κ3) is 6.73. The Kier molecular flexibility index (Phi) is 7.88. The number of amides is 2. The van der Waals surface area contributed by atoms with E-state index in [0.29, 0.717) is 18.4 Å². The maximum absolute atomic E-state index is 11.4. The van der Waals surface area contributed by atoms with Crippen molar-refractivity contribution in [3.05, 3.63) is 23.9 Å². The Morgan fingerprint density at radius 1 is 1.33 bits per heavy atom. The van der Waals surface area contributed by atoms with Crippen molar-refractivity contribution in [3.63, 3.8) is 0 Å². The average Bonchev–Trinajstić information content (AvgIpc) is 2.64. The molecule has 1 fully saturated rings. The van der Waals surface area contributed by atoms with E-state index in [1.165, 1.54) is 11.9 Å². The lowest BCUT2D eigenvalue weighted by molar-refractivity contribution is -0.121. The van der Waals surface area contributed by atoms with Gasteiger partial charge in [-0.2, -0.15) is 0 Å². The average molecular weight is 377 g/mol. The van der Waals surface area contributed by atoms with E-state index in [0.717, 1.165) is 50.3 Å². The molecule has 1 aromatic rings. The molecule has 2 heterocycles. The third-order valence-corrected chi connectivity index (χ3v) is 5.04. The molecule has 7 heteroatoms. The van der Waals surface area contributed by atoms with Gasteiger partial charge in [0.1, 0.15) is 12.4 Å². The Bertz CT molecular complexity index is 627. The molecule has 0 bridgehead atoms. The van der Waals surface area contributed by atoms with Crippen molar-refractivity contribution in [2.45, 2.75) is 39.5 Å². The molecule has 1 aliphatic rings. The van der Waals surface area contributed by atoms with Crippen molar-refractivity contribution in [3.8, 4) is 0 Å². The fraction of sp³-hybridized carbons (Fsp3) is 0.650. The largest absolute Gasteiger partial charge is 0.465 e. The zero-order valence-corrected chi connectivity index (χ0v) is 16.6. The lowest BCUT2D eigenvalue weighted by Crippen LogP contribution is -2.41. The summed E-state index contributed by atoms with van der Waals surface area (Å²) in [6, 6.07) is 6.23. The lowest BCUT2D eigenvalue weighted by atomic mass is 9.93. The van der Waals surface area contributed by atoms with Crippen LogP contribution in [0, 0.1) is 11.8 Å². The molecule has 0 unspecified atom stereocenters. The SMILES string of the molecule is CNC(=O)CN(CCC1CCN(c2cccc(CC(C)C)n2)CC1)C(=O)O. The van der Waals surface area contributed by atoms with Crippen molar-refractivity contribution in [2.75, 3.05) is 38.1 Å². The van der Waals surface area contributed by atoms with Crippen LogP contribution < -0.4 is 10.2 Å². The van der Waals surface area contributed by atoms with Gasteiger partial charge < -0.3 is 15.3 Å². The zero-order chi connectivity index (χ0) is 19.8. The number of anilines is 1. The minimum absolute atomic E-state index is 0.1000. The summed E-state index contributed by atoms with van der Waals surface area (Å²) in [4.78, 5) is 31.1. The summed E-state index contributed by atoms with van der Waals surface area (Å²) in [6.07, 6.45) is 2.77. The standard InChI is InChI=1S/C20H32N4O3/c1-15(2)13-17-5-4-6-18(22-17)23-10-7-16(8-11-23)9-12-24(20(26)27)14-19(25)21-3/h4-6,15-16H,7-14H2,1-3H3,(H,21,25)(H,26,27). The molecule has 0 spiro atoms. The van der Waals surface area contributed by atoms with Crippen molar-refractivity contribution in [2.24, 2.45) is 11.8 Å². The Balaban J connectivity index is 1.82. The fourth-order valence-corrected chi connectivity index (χ4v) is 3.46. The van der Waals surface area contributed by atoms with E-state index in [1.807, 2.05) is 0 Å². The van der Waals surface area contributed by atoms with Crippen LogP contribution in [0.1, 0.15) is 38.8 Å². The molecule has 0 aromatic carbocycles. The van der Waals surface area contributed by atoms with E-state index >= 15 is 0 Å². The summed E-state index contributed by atoms with van der Waals surface area (Å²) in [7, 11) is 1.52. The molecule has 2 amide bonds. The molecule has 0 saturated carbocycles. The van der Waals surface area contributed by atoms with Crippen LogP contribution in [0.5, 0.6) is 0 Å². The first-order valence-electron chi connectivity index (χ1n) is 9.78. The second-order valence-corrected chi connectivity index (χ2v) is 7.68. The third-order valence-electron chi connectivity index (χ3n) is 5.04. The predicted octanol–water partition coefficient (Wildman–Crippen LogP) is 2.61. The topological polar surface area (TPSA) is 85.8 Å². The number of piperidine rings is 1. The smallest absolute Gasteiger partial charge is 0.407 e. The number of hydrogen-bond donors (Lipinski definition) is 2. The van der Waals surface area contributed by atoms with E-state index in [-0.39, 0.29) is 12.5 Å². The van der Waals surface area contributed by atoms with Gasteiger partial charge in [0.25, 0.3) is 0 Å². The predicted molar refractivity (Wildman–Crippen MR) is 106 cm³/mol. The van der Waals surface area contributed by atoms with Crippen molar-refractivity contribution in [1.82, 2.24) is 15.2 Å². The van der Waals surface area contributed by atoms with Crippen LogP contribution in [0.25, 0.3) is 0 Å². The van der Waals surface area contributed by atoms with Crippen molar-refractivity contribution in [1.29, 1.82) is 0 Å². The Morgan fingerprint density at radius 3 is 2.63 bits per heavy atom. The maximum Gasteiger partial charge on any atom is 0.407 e. The minimum atomic E-state index is -1.04. The van der Waals surface area contributed by atoms with Gasteiger partial charge in [0.15, 0.2) is 0 Å². The number of nitrogens with one attached hydrogen (secondary N) is 1. The number of carbonyl (C=O) groups is 2. The summed E-state index contributed by atoms with van der Waals surface area (Å²) in [5.41, 5.74) is 1.14. The first kappa shape index (κ1) is 21.0. The molecule has 0 radical (unpaired) electrons. The highest BCUT2D eigenvalue weighted by molar-refractivity contribution is 5.81. The summed E-state index contributed by atoms with van der Waals surface area (Å²) < 4.78 is 0. The Hall–Kier alpha value is -2.31. The highest BCUT2D eigenvalue weighted by atomic mass is 16.4. The number of hydrogen-bond acceptors (Lipinski definition) is 4. The van der Waals surface area contributed by atoms with Gasteiger partial charge in [0.2, 0.25) is 5.91 Å². The number of aromatic nitrogens is 1. The van der Waals surface area contributed by atoms with Gasteiger partial charge in [-0.15, -0.1) is 0 Å². The van der Waals surface area contributed by atoms with Gasteiger partial charge in [-0.1, -0.05) is 19.9 Å². The van der Waals surface area contributed by atoms with E-state index in [4.69, 9.17) is 4.98 Å². The van der Waals surface area contributed by atoms with E-state index < -0.39 is 6.09 Å². The number of nitrogens with zero attached hydrogens (tertiary/aromatic N) is 3. The maximum atomic E-state index is 11.4. The van der Waals surface area contributed by atoms with Gasteiger partial charge in [-0.3, -0.25) is 9.69 Å². The van der Waals surface area contributed by atoms with Gasteiger partial charge >= 0.3 is 6.09 Å². The molecule has 1 saturated heterocycles. The van der Waals surface area contributed by atoms with Crippen LogP contribution in [-0.2, 0) is 11.2 Å². The number of rotatable bonds is 8. The molecule has 27 heavy (non-hydrogen) atoms. The summed E-state index contributed by atoms with van der Waals surface area (Å²) in [5, 5.41) is 11.7. The number of likely N-dealkylation sites (N-methyl/N-ethyl adjacent to an activating group) is 1. The van der Waals surface area contributed by atoms with Crippen LogP contribution in [0.4, 0.5) is 10.6 Å². The molecular formula is C20H32N4O3. The van der Waals surface area contributed by atoms with Crippen LogP contribution in [-0.4, -0.2) is 60.2 Å². The minimum Gasteiger partial charge on any atom is -0.465 e. The quantitative estimate of drug-likeness (QED) is 0.728. The van der Waals surface area contributed by atoms with Crippen LogP contribution in [0.15, 0.2) is 18.2 Å². The van der Waals surface area contributed by atoms with E-state index in [2.05, 4.69) is 42.3 Å². The number of pyridine rings is 1. The highest BCUT2D eigenvalue weighted by Crippen LogP contribution is 2.24. The lowest BCUT2D eigenvalue weighted by Gasteiger charge is -2.33. The van der Waals surface area contributed by atoms with Gasteiger partial charge in [0, 0.05) is 32.4 Å². The molecule has 0 atom stereocenters. The second-order valence-electron chi connectivity index (χ2n) is 7.68. The second kappa shape index (κ2) is 10.1. The summed E-state index contributed by atoms with van der Waals surface area (Å²) >= 11 is 0. The van der Waals surface area contributed by atoms with Gasteiger partial charge in [-0.05, 0) is 49.7 Å². The monoisotopic (exact) mass is 376 g/mol. The molecule has 1 aromatic heterocycles. The fourth-order valence-electron chi connectivity index (χ4n) is 3.46. The first-order valence-corrected chi connectivity index (χ1v) is 9.78. The van der Waals surface area contributed by atoms with Crippen molar-refractivity contribution < 1.29 is 14.7 Å². The molecular weight excluding hydrogens is 344 g/mol. The molecule has 2 N–H and O–H groups in total. The van der Waals surface area contributed by atoms with Crippen LogP contribution >= 0.6 is 0 Å². The molecule has 0 aliphatic carbocycles. The highest BCUT2D eigenvalue weighted by Gasteiger charge is 2.23. The summed E-state index contributed by atoms with van der Waals surface area (Å²) in [5.74, 6) is 1.83. The number of carbonyl (C=O) groups excluding carboxylic acids is 1. The van der Waals surface area contributed by atoms with E-state index in [9.17, 15) is 14.7 Å².